The molecule has 1 N–H and O–H groups in total. The normalized spacial score (nSPS) is 17.0. The lowest BCUT2D eigenvalue weighted by atomic mass is 10.0. The summed E-state index contributed by atoms with van der Waals surface area (Å²) in [5, 5.41) is 9.61. The second kappa shape index (κ2) is 7.29. The molecule has 0 saturated carbocycles. The van der Waals surface area contributed by atoms with Crippen LogP contribution in [0.5, 0.6) is 0 Å². The van der Waals surface area contributed by atoms with Crippen LogP contribution >= 0.6 is 0 Å². The van der Waals surface area contributed by atoms with Crippen LogP contribution in [0, 0.1) is 0 Å². The van der Waals surface area contributed by atoms with Crippen molar-refractivity contribution < 1.29 is 9.90 Å². The summed E-state index contributed by atoms with van der Waals surface area (Å²) in [5.74, 6) is -0.734. The molecule has 1 aliphatic heterocycles. The number of hydrogen-bond acceptors (Lipinski definition) is 3. The second-order valence-corrected chi connectivity index (χ2v) is 5.90. The van der Waals surface area contributed by atoms with Crippen molar-refractivity contribution in [2.75, 3.05) is 31.1 Å². The Bertz CT molecular complexity index is 622. The number of carboxylic acids is 1. The molecule has 1 fully saturated rings. The van der Waals surface area contributed by atoms with E-state index in [1.165, 1.54) is 5.69 Å². The standard InChI is InChI=1S/C19H22N2O2/c22-19(23)18(15-16-7-3-1-4-8-16)21-13-11-20(12-14-21)17-9-5-2-6-10-17/h1-10,18H,11-15H2,(H,22,23)/t18-/m0/s1. The molecule has 0 radical (unpaired) electrons. The van der Waals surface area contributed by atoms with E-state index in [2.05, 4.69) is 21.9 Å². The first-order valence-corrected chi connectivity index (χ1v) is 8.05. The third-order valence-electron chi connectivity index (χ3n) is 4.43. The summed E-state index contributed by atoms with van der Waals surface area (Å²) in [6.07, 6.45) is 0.557. The highest BCUT2D eigenvalue weighted by Crippen LogP contribution is 2.18. The third-order valence-corrected chi connectivity index (χ3v) is 4.43. The van der Waals surface area contributed by atoms with E-state index in [-0.39, 0.29) is 0 Å². The van der Waals surface area contributed by atoms with Gasteiger partial charge in [-0.3, -0.25) is 9.69 Å². The van der Waals surface area contributed by atoms with Crippen LogP contribution in [-0.2, 0) is 11.2 Å². The molecule has 0 aromatic heterocycles. The van der Waals surface area contributed by atoms with E-state index in [9.17, 15) is 9.90 Å². The van der Waals surface area contributed by atoms with Gasteiger partial charge in [-0.15, -0.1) is 0 Å². The largest absolute Gasteiger partial charge is 0.480 e. The molecule has 1 saturated heterocycles. The van der Waals surface area contributed by atoms with E-state index in [0.29, 0.717) is 6.42 Å². The summed E-state index contributed by atoms with van der Waals surface area (Å²) in [6, 6.07) is 19.7. The van der Waals surface area contributed by atoms with E-state index < -0.39 is 12.0 Å². The topological polar surface area (TPSA) is 43.8 Å². The summed E-state index contributed by atoms with van der Waals surface area (Å²) in [6.45, 7) is 3.28. The summed E-state index contributed by atoms with van der Waals surface area (Å²) in [5.41, 5.74) is 2.28. The molecular formula is C19H22N2O2. The fourth-order valence-electron chi connectivity index (χ4n) is 3.14. The quantitative estimate of drug-likeness (QED) is 0.921. The first-order chi connectivity index (χ1) is 11.2. The van der Waals surface area contributed by atoms with E-state index >= 15 is 0 Å². The predicted molar refractivity (Wildman–Crippen MR) is 91.8 cm³/mol. The van der Waals surface area contributed by atoms with Crippen molar-refractivity contribution in [1.29, 1.82) is 0 Å². The summed E-state index contributed by atoms with van der Waals surface area (Å²) in [4.78, 5) is 16.1. The molecule has 0 spiro atoms. The molecule has 4 nitrogen and oxygen atoms in total. The number of carboxylic acid groups (broad SMARTS) is 1. The zero-order valence-electron chi connectivity index (χ0n) is 13.1. The molecule has 0 unspecified atom stereocenters. The number of rotatable bonds is 5. The average Bonchev–Trinajstić information content (AvgIpc) is 2.61. The van der Waals surface area contributed by atoms with Crippen molar-refractivity contribution >= 4 is 11.7 Å². The molecule has 2 aromatic carbocycles. The fourth-order valence-corrected chi connectivity index (χ4v) is 3.14. The lowest BCUT2D eigenvalue weighted by Gasteiger charge is -2.38. The minimum atomic E-state index is -0.734. The number of nitrogens with zero attached hydrogens (tertiary/aromatic N) is 2. The smallest absolute Gasteiger partial charge is 0.321 e. The van der Waals surface area contributed by atoms with Crippen molar-refractivity contribution in [3.63, 3.8) is 0 Å². The third kappa shape index (κ3) is 3.90. The van der Waals surface area contributed by atoms with Gasteiger partial charge in [0.2, 0.25) is 0 Å². The van der Waals surface area contributed by atoms with Gasteiger partial charge in [-0.1, -0.05) is 48.5 Å². The van der Waals surface area contributed by atoms with Gasteiger partial charge in [0.1, 0.15) is 6.04 Å². The van der Waals surface area contributed by atoms with Crippen LogP contribution < -0.4 is 4.90 Å². The van der Waals surface area contributed by atoms with E-state index in [4.69, 9.17) is 0 Å². The number of piperazine rings is 1. The predicted octanol–water partition coefficient (Wildman–Crippen LogP) is 2.50. The van der Waals surface area contributed by atoms with Crippen molar-refractivity contribution in [1.82, 2.24) is 4.90 Å². The number of hydrogen-bond donors (Lipinski definition) is 1. The summed E-state index contributed by atoms with van der Waals surface area (Å²) >= 11 is 0. The molecule has 0 aliphatic carbocycles. The van der Waals surface area contributed by atoms with E-state index in [0.717, 1.165) is 31.7 Å². The molecule has 1 aliphatic rings. The number of aliphatic carboxylic acids is 1. The first-order valence-electron chi connectivity index (χ1n) is 8.05. The monoisotopic (exact) mass is 310 g/mol. The number of para-hydroxylation sites is 1. The van der Waals surface area contributed by atoms with Gasteiger partial charge in [0.05, 0.1) is 0 Å². The maximum absolute atomic E-state index is 11.7. The Morgan fingerprint density at radius 1 is 0.913 bits per heavy atom. The van der Waals surface area contributed by atoms with Crippen LogP contribution in [0.1, 0.15) is 5.56 Å². The zero-order chi connectivity index (χ0) is 16.1. The summed E-state index contributed by atoms with van der Waals surface area (Å²) in [7, 11) is 0. The minimum Gasteiger partial charge on any atom is -0.480 e. The lowest BCUT2D eigenvalue weighted by molar-refractivity contribution is -0.143. The Morgan fingerprint density at radius 2 is 1.48 bits per heavy atom. The highest BCUT2D eigenvalue weighted by molar-refractivity contribution is 5.74. The van der Waals surface area contributed by atoms with Gasteiger partial charge < -0.3 is 10.0 Å². The lowest BCUT2D eigenvalue weighted by Crippen LogP contribution is -2.53. The van der Waals surface area contributed by atoms with E-state index in [1.807, 2.05) is 48.5 Å². The number of carbonyl (C=O) groups is 1. The molecule has 0 amide bonds. The van der Waals surface area contributed by atoms with Gasteiger partial charge in [0.15, 0.2) is 0 Å². The van der Waals surface area contributed by atoms with Crippen LogP contribution in [0.15, 0.2) is 60.7 Å². The fraction of sp³-hybridized carbons (Fsp3) is 0.316. The Hall–Kier alpha value is -2.33. The second-order valence-electron chi connectivity index (χ2n) is 5.90. The van der Waals surface area contributed by atoms with Crippen LogP contribution in [0.25, 0.3) is 0 Å². The molecule has 2 aromatic rings. The molecule has 23 heavy (non-hydrogen) atoms. The SMILES string of the molecule is O=C(O)[C@H](Cc1ccccc1)N1CCN(c2ccccc2)CC1. The van der Waals surface area contributed by atoms with Crippen molar-refractivity contribution in [2.24, 2.45) is 0 Å². The molecule has 4 heteroatoms. The molecular weight excluding hydrogens is 288 g/mol. The van der Waals surface area contributed by atoms with Crippen LogP contribution in [0.3, 0.4) is 0 Å². The number of benzene rings is 2. The molecule has 1 atom stereocenters. The van der Waals surface area contributed by atoms with Gasteiger partial charge in [0.25, 0.3) is 0 Å². The molecule has 120 valence electrons. The summed E-state index contributed by atoms with van der Waals surface area (Å²) < 4.78 is 0. The van der Waals surface area contributed by atoms with Crippen LogP contribution in [-0.4, -0.2) is 48.2 Å². The van der Waals surface area contributed by atoms with Crippen molar-refractivity contribution in [3.05, 3.63) is 66.2 Å². The zero-order valence-corrected chi connectivity index (χ0v) is 13.1. The van der Waals surface area contributed by atoms with Gasteiger partial charge in [-0.2, -0.15) is 0 Å². The maximum atomic E-state index is 11.7. The molecule has 1 heterocycles. The molecule has 3 rings (SSSR count). The highest BCUT2D eigenvalue weighted by Gasteiger charge is 2.29. The van der Waals surface area contributed by atoms with Gasteiger partial charge >= 0.3 is 5.97 Å². The van der Waals surface area contributed by atoms with Crippen molar-refractivity contribution in [3.8, 4) is 0 Å². The first kappa shape index (κ1) is 15.6. The van der Waals surface area contributed by atoms with E-state index in [1.54, 1.807) is 0 Å². The Balaban J connectivity index is 1.63. The van der Waals surface area contributed by atoms with Crippen LogP contribution in [0.4, 0.5) is 5.69 Å². The number of anilines is 1. The molecule has 0 bridgehead atoms. The van der Waals surface area contributed by atoms with Gasteiger partial charge in [-0.25, -0.2) is 0 Å². The Morgan fingerprint density at radius 3 is 2.04 bits per heavy atom. The van der Waals surface area contributed by atoms with Crippen molar-refractivity contribution in [2.45, 2.75) is 12.5 Å². The Kier molecular flexibility index (Phi) is 4.93. The minimum absolute atomic E-state index is 0.449. The highest BCUT2D eigenvalue weighted by atomic mass is 16.4. The Labute approximate surface area is 137 Å². The maximum Gasteiger partial charge on any atom is 0.321 e. The van der Waals surface area contributed by atoms with Gasteiger partial charge in [-0.05, 0) is 24.1 Å². The van der Waals surface area contributed by atoms with Crippen LogP contribution in [0.2, 0.25) is 0 Å². The average molecular weight is 310 g/mol. The van der Waals surface area contributed by atoms with Gasteiger partial charge in [0, 0.05) is 31.9 Å².